The van der Waals surface area contributed by atoms with Crippen molar-refractivity contribution in [1.29, 1.82) is 0 Å². The van der Waals surface area contributed by atoms with Crippen LogP contribution in [0.1, 0.15) is 0 Å². The molecule has 0 atom stereocenters. The number of nitrogens with zero attached hydrogens (tertiary/aromatic N) is 4. The van der Waals surface area contributed by atoms with Gasteiger partial charge in [-0.2, -0.15) is 0 Å². The van der Waals surface area contributed by atoms with E-state index in [1.54, 1.807) is 0 Å². The van der Waals surface area contributed by atoms with Gasteiger partial charge in [-0.05, 0) is 75.8 Å². The molecular formula is C51H34N4. The fourth-order valence-corrected chi connectivity index (χ4v) is 7.47. The molecule has 0 spiro atoms. The standard InChI is InChI=1S/C51H34N4/c1-4-12-35(13-5-1)38-20-24-40(25-21-38)49-52-50(41-26-22-39(23-27-41)36-14-6-2-7-15-36)54-51(53-49)42-28-31-44(32-29-42)55-47-19-11-10-18-45(47)46-34-43(30-33-48(46)55)37-16-8-3-9-17-37/h1-34H. The summed E-state index contributed by atoms with van der Waals surface area (Å²) in [6, 6.07) is 72.2. The van der Waals surface area contributed by atoms with Crippen molar-refractivity contribution in [3.05, 3.63) is 206 Å². The quantitative estimate of drug-likeness (QED) is 0.166. The van der Waals surface area contributed by atoms with Crippen molar-refractivity contribution in [2.24, 2.45) is 0 Å². The molecule has 4 heteroatoms. The van der Waals surface area contributed by atoms with Crippen LogP contribution in [0.15, 0.2) is 206 Å². The average Bonchev–Trinajstić information content (AvgIpc) is 3.61. The maximum Gasteiger partial charge on any atom is 0.164 e. The predicted octanol–water partition coefficient (Wildman–Crippen LogP) is 13.0. The van der Waals surface area contributed by atoms with Crippen LogP contribution in [0.25, 0.3) is 95.0 Å². The van der Waals surface area contributed by atoms with Crippen molar-refractivity contribution in [2.45, 2.75) is 0 Å². The zero-order valence-electron chi connectivity index (χ0n) is 29.9. The molecule has 0 saturated heterocycles. The molecule has 0 saturated carbocycles. The maximum absolute atomic E-state index is 5.07. The molecule has 10 rings (SSSR count). The molecule has 0 N–H and O–H groups in total. The van der Waals surface area contributed by atoms with Gasteiger partial charge in [-0.25, -0.2) is 15.0 Å². The molecule has 2 aromatic heterocycles. The Bertz CT molecular complexity index is 2820. The summed E-state index contributed by atoms with van der Waals surface area (Å²) in [6.07, 6.45) is 0. The first-order valence-electron chi connectivity index (χ1n) is 18.5. The topological polar surface area (TPSA) is 43.6 Å². The van der Waals surface area contributed by atoms with Gasteiger partial charge in [0.1, 0.15) is 0 Å². The predicted molar refractivity (Wildman–Crippen MR) is 227 cm³/mol. The molecule has 0 aliphatic carbocycles. The van der Waals surface area contributed by atoms with Crippen molar-refractivity contribution in [2.75, 3.05) is 0 Å². The van der Waals surface area contributed by atoms with Crippen LogP contribution in [0.3, 0.4) is 0 Å². The summed E-state index contributed by atoms with van der Waals surface area (Å²) in [5.41, 5.74) is 13.2. The lowest BCUT2D eigenvalue weighted by atomic mass is 10.0. The highest BCUT2D eigenvalue weighted by atomic mass is 15.0. The molecule has 4 nitrogen and oxygen atoms in total. The van der Waals surface area contributed by atoms with Gasteiger partial charge < -0.3 is 4.57 Å². The number of benzene rings is 8. The zero-order chi connectivity index (χ0) is 36.6. The number of fused-ring (bicyclic) bond motifs is 3. The SMILES string of the molecule is c1ccc(-c2ccc(-c3nc(-c4ccc(-c5ccccc5)cc4)nc(-c4ccc(-n5c6ccccc6c6cc(-c7ccccc7)ccc65)cc4)n3)cc2)cc1. The van der Waals surface area contributed by atoms with Gasteiger partial charge in [0.2, 0.25) is 0 Å². The van der Waals surface area contributed by atoms with Crippen LogP contribution in [0, 0.1) is 0 Å². The first kappa shape index (κ1) is 32.2. The minimum Gasteiger partial charge on any atom is -0.309 e. The third-order valence-electron chi connectivity index (χ3n) is 10.3. The minimum absolute atomic E-state index is 0.626. The molecule has 0 fully saturated rings. The Kier molecular flexibility index (Phi) is 8.12. The van der Waals surface area contributed by atoms with Crippen molar-refractivity contribution < 1.29 is 0 Å². The summed E-state index contributed by atoms with van der Waals surface area (Å²) in [4.78, 5) is 15.2. The Morgan fingerprint density at radius 2 is 0.600 bits per heavy atom. The Morgan fingerprint density at radius 3 is 1.09 bits per heavy atom. The second-order valence-corrected chi connectivity index (χ2v) is 13.7. The highest BCUT2D eigenvalue weighted by Crippen LogP contribution is 2.36. The number of hydrogen-bond donors (Lipinski definition) is 0. The van der Waals surface area contributed by atoms with E-state index in [1.807, 2.05) is 12.1 Å². The first-order chi connectivity index (χ1) is 27.2. The van der Waals surface area contributed by atoms with Gasteiger partial charge in [0.25, 0.3) is 0 Å². The van der Waals surface area contributed by atoms with Gasteiger partial charge in [-0.3, -0.25) is 0 Å². The van der Waals surface area contributed by atoms with Crippen LogP contribution in [0.2, 0.25) is 0 Å². The lowest BCUT2D eigenvalue weighted by Crippen LogP contribution is -2.00. The van der Waals surface area contributed by atoms with Crippen molar-refractivity contribution in [1.82, 2.24) is 19.5 Å². The van der Waals surface area contributed by atoms with Crippen molar-refractivity contribution in [3.63, 3.8) is 0 Å². The summed E-state index contributed by atoms with van der Waals surface area (Å²) in [7, 11) is 0. The van der Waals surface area contributed by atoms with Crippen LogP contribution in [0.5, 0.6) is 0 Å². The summed E-state index contributed by atoms with van der Waals surface area (Å²) in [5.74, 6) is 1.89. The molecular weight excluding hydrogens is 669 g/mol. The molecule has 0 radical (unpaired) electrons. The number of aromatic nitrogens is 4. The van der Waals surface area contributed by atoms with Gasteiger partial charge in [0.05, 0.1) is 11.0 Å². The van der Waals surface area contributed by atoms with E-state index in [0.717, 1.165) is 44.5 Å². The smallest absolute Gasteiger partial charge is 0.164 e. The van der Waals surface area contributed by atoms with Gasteiger partial charge in [-0.1, -0.05) is 164 Å². The summed E-state index contributed by atoms with van der Waals surface area (Å²) >= 11 is 0. The van der Waals surface area contributed by atoms with Crippen LogP contribution in [0.4, 0.5) is 0 Å². The van der Waals surface area contributed by atoms with E-state index in [2.05, 4.69) is 199 Å². The first-order valence-corrected chi connectivity index (χ1v) is 18.5. The Labute approximate surface area is 319 Å². The monoisotopic (exact) mass is 702 g/mol. The second kappa shape index (κ2) is 13.8. The van der Waals surface area contributed by atoms with Gasteiger partial charge in [0, 0.05) is 33.2 Å². The molecule has 8 aromatic carbocycles. The van der Waals surface area contributed by atoms with Crippen LogP contribution in [-0.2, 0) is 0 Å². The zero-order valence-corrected chi connectivity index (χ0v) is 29.9. The fourth-order valence-electron chi connectivity index (χ4n) is 7.47. The maximum atomic E-state index is 5.07. The molecule has 0 unspecified atom stereocenters. The number of hydrogen-bond acceptors (Lipinski definition) is 3. The Balaban J connectivity index is 1.05. The average molecular weight is 703 g/mol. The number of para-hydroxylation sites is 1. The minimum atomic E-state index is 0.626. The summed E-state index contributed by atoms with van der Waals surface area (Å²) < 4.78 is 2.34. The van der Waals surface area contributed by atoms with Gasteiger partial charge in [-0.15, -0.1) is 0 Å². The molecule has 0 amide bonds. The lowest BCUT2D eigenvalue weighted by Gasteiger charge is -2.11. The Hall–Kier alpha value is -7.43. The molecule has 258 valence electrons. The molecule has 2 heterocycles. The molecule has 10 aromatic rings. The van der Waals surface area contributed by atoms with Crippen molar-refractivity contribution in [3.8, 4) is 73.2 Å². The molecule has 55 heavy (non-hydrogen) atoms. The normalized spacial score (nSPS) is 11.3. The van der Waals surface area contributed by atoms with E-state index >= 15 is 0 Å². The third-order valence-corrected chi connectivity index (χ3v) is 10.3. The van der Waals surface area contributed by atoms with Gasteiger partial charge in [0.15, 0.2) is 17.5 Å². The highest BCUT2D eigenvalue weighted by molar-refractivity contribution is 6.10. The van der Waals surface area contributed by atoms with Gasteiger partial charge >= 0.3 is 0 Å². The molecule has 0 aliphatic rings. The van der Waals surface area contributed by atoms with Crippen LogP contribution >= 0.6 is 0 Å². The molecule has 0 aliphatic heterocycles. The highest BCUT2D eigenvalue weighted by Gasteiger charge is 2.16. The van der Waals surface area contributed by atoms with E-state index in [4.69, 9.17) is 15.0 Å². The fraction of sp³-hybridized carbons (Fsp3) is 0. The largest absolute Gasteiger partial charge is 0.309 e. The Morgan fingerprint density at radius 1 is 0.255 bits per heavy atom. The van der Waals surface area contributed by atoms with E-state index in [-0.39, 0.29) is 0 Å². The van der Waals surface area contributed by atoms with Crippen LogP contribution in [-0.4, -0.2) is 19.5 Å². The third kappa shape index (κ3) is 6.16. The van der Waals surface area contributed by atoms with E-state index in [0.29, 0.717) is 17.5 Å². The second-order valence-electron chi connectivity index (χ2n) is 13.7. The van der Waals surface area contributed by atoms with Crippen molar-refractivity contribution >= 4 is 21.8 Å². The van der Waals surface area contributed by atoms with E-state index < -0.39 is 0 Å². The van der Waals surface area contributed by atoms with E-state index in [9.17, 15) is 0 Å². The van der Waals surface area contributed by atoms with E-state index in [1.165, 1.54) is 33.0 Å². The summed E-state index contributed by atoms with van der Waals surface area (Å²) in [5, 5.41) is 2.45. The molecule has 0 bridgehead atoms. The summed E-state index contributed by atoms with van der Waals surface area (Å²) in [6.45, 7) is 0. The van der Waals surface area contributed by atoms with Crippen LogP contribution < -0.4 is 0 Å². The number of rotatable bonds is 7. The lowest BCUT2D eigenvalue weighted by molar-refractivity contribution is 1.07.